The molecule has 0 radical (unpaired) electrons. The molecular weight excluding hydrogens is 420 g/mol. The van der Waals surface area contributed by atoms with Crippen molar-refractivity contribution in [2.24, 2.45) is 0 Å². The van der Waals surface area contributed by atoms with E-state index in [0.29, 0.717) is 22.6 Å². The second-order valence-corrected chi connectivity index (χ2v) is 7.30. The molecule has 0 aromatic heterocycles. The fourth-order valence-electron chi connectivity index (χ4n) is 3.31. The first-order valence-electron chi connectivity index (χ1n) is 10.3. The summed E-state index contributed by atoms with van der Waals surface area (Å²) in [5, 5.41) is 2.20. The standard InChI is InChI=1S/C26H20N2O5/c1-2-17-8-12-20(13-9-17)28-24(30)22(23(29)27-26(28)32)16-18-10-14-21(15-11-18)33-25(31)19-6-4-3-5-7-19/h3-16H,2H2,1H3,(H,27,29,32)/b22-16-. The predicted molar refractivity (Wildman–Crippen MR) is 123 cm³/mol. The van der Waals surface area contributed by atoms with Crippen LogP contribution in [0.5, 0.6) is 5.75 Å². The van der Waals surface area contributed by atoms with Gasteiger partial charge in [-0.1, -0.05) is 49.4 Å². The minimum Gasteiger partial charge on any atom is -0.423 e. The lowest BCUT2D eigenvalue weighted by Gasteiger charge is -2.26. The molecule has 0 unspecified atom stereocenters. The van der Waals surface area contributed by atoms with E-state index < -0.39 is 23.8 Å². The quantitative estimate of drug-likeness (QED) is 0.279. The second-order valence-electron chi connectivity index (χ2n) is 7.30. The molecule has 0 atom stereocenters. The van der Waals surface area contributed by atoms with E-state index in [9.17, 15) is 19.2 Å². The first-order valence-corrected chi connectivity index (χ1v) is 10.3. The van der Waals surface area contributed by atoms with Gasteiger partial charge in [-0.3, -0.25) is 14.9 Å². The summed E-state index contributed by atoms with van der Waals surface area (Å²) in [7, 11) is 0. The number of amides is 4. The van der Waals surface area contributed by atoms with Gasteiger partial charge in [-0.05, 0) is 60.0 Å². The van der Waals surface area contributed by atoms with Gasteiger partial charge in [-0.15, -0.1) is 0 Å². The summed E-state index contributed by atoms with van der Waals surface area (Å²) in [5.74, 6) is -1.66. The second kappa shape index (κ2) is 9.32. The number of urea groups is 1. The van der Waals surface area contributed by atoms with Gasteiger partial charge in [0.1, 0.15) is 11.3 Å². The summed E-state index contributed by atoms with van der Waals surface area (Å²) in [6.45, 7) is 2.00. The zero-order valence-electron chi connectivity index (χ0n) is 17.8. The number of carbonyl (C=O) groups excluding carboxylic acids is 4. The monoisotopic (exact) mass is 440 g/mol. The number of carbonyl (C=O) groups is 4. The van der Waals surface area contributed by atoms with E-state index in [1.807, 2.05) is 19.1 Å². The Kier molecular flexibility index (Phi) is 6.13. The van der Waals surface area contributed by atoms with Crippen molar-refractivity contribution in [2.75, 3.05) is 4.90 Å². The molecule has 1 fully saturated rings. The number of ether oxygens (including phenoxy) is 1. The normalized spacial score (nSPS) is 14.9. The molecule has 4 rings (SSSR count). The lowest BCUT2D eigenvalue weighted by Crippen LogP contribution is -2.54. The Morgan fingerprint density at radius 2 is 1.58 bits per heavy atom. The third-order valence-electron chi connectivity index (χ3n) is 5.12. The van der Waals surface area contributed by atoms with Gasteiger partial charge < -0.3 is 4.74 Å². The highest BCUT2D eigenvalue weighted by molar-refractivity contribution is 6.39. The average Bonchev–Trinajstić information content (AvgIpc) is 2.83. The summed E-state index contributed by atoms with van der Waals surface area (Å²) in [6.07, 6.45) is 2.21. The van der Waals surface area contributed by atoms with E-state index in [1.165, 1.54) is 6.08 Å². The molecular formula is C26H20N2O5. The van der Waals surface area contributed by atoms with Gasteiger partial charge in [0, 0.05) is 0 Å². The number of imide groups is 2. The molecule has 0 saturated carbocycles. The molecule has 1 aliphatic heterocycles. The van der Waals surface area contributed by atoms with E-state index in [2.05, 4.69) is 5.32 Å². The smallest absolute Gasteiger partial charge is 0.343 e. The molecule has 0 spiro atoms. The fraction of sp³-hybridized carbons (Fsp3) is 0.0769. The molecule has 1 aliphatic rings. The van der Waals surface area contributed by atoms with Crippen molar-refractivity contribution in [3.05, 3.63) is 101 Å². The largest absolute Gasteiger partial charge is 0.423 e. The van der Waals surface area contributed by atoms with Crippen LogP contribution in [0.15, 0.2) is 84.4 Å². The SMILES string of the molecule is CCc1ccc(N2C(=O)NC(=O)/C(=C/c3ccc(OC(=O)c4ccccc4)cc3)C2=O)cc1. The van der Waals surface area contributed by atoms with Crippen LogP contribution in [-0.4, -0.2) is 23.8 Å². The van der Waals surface area contributed by atoms with Gasteiger partial charge in [-0.2, -0.15) is 0 Å². The van der Waals surface area contributed by atoms with E-state index in [4.69, 9.17) is 4.74 Å². The zero-order chi connectivity index (χ0) is 23.4. The molecule has 7 heteroatoms. The van der Waals surface area contributed by atoms with Crippen molar-refractivity contribution >= 4 is 35.6 Å². The van der Waals surface area contributed by atoms with E-state index in [1.54, 1.807) is 66.7 Å². The Morgan fingerprint density at radius 3 is 2.21 bits per heavy atom. The van der Waals surface area contributed by atoms with Gasteiger partial charge in [0.2, 0.25) is 0 Å². The fourth-order valence-corrected chi connectivity index (χ4v) is 3.31. The number of anilines is 1. The van der Waals surface area contributed by atoms with Crippen LogP contribution in [0, 0.1) is 0 Å². The van der Waals surface area contributed by atoms with Crippen molar-refractivity contribution in [3.63, 3.8) is 0 Å². The molecule has 1 saturated heterocycles. The van der Waals surface area contributed by atoms with Crippen molar-refractivity contribution in [1.82, 2.24) is 5.32 Å². The number of barbiturate groups is 1. The van der Waals surface area contributed by atoms with Crippen LogP contribution in [0.2, 0.25) is 0 Å². The topological polar surface area (TPSA) is 92.8 Å². The minimum atomic E-state index is -0.797. The van der Waals surface area contributed by atoms with Crippen LogP contribution in [0.1, 0.15) is 28.4 Å². The van der Waals surface area contributed by atoms with Gasteiger partial charge in [-0.25, -0.2) is 14.5 Å². The molecule has 33 heavy (non-hydrogen) atoms. The highest BCUT2D eigenvalue weighted by Crippen LogP contribution is 2.23. The van der Waals surface area contributed by atoms with E-state index >= 15 is 0 Å². The van der Waals surface area contributed by atoms with Crippen molar-refractivity contribution < 1.29 is 23.9 Å². The van der Waals surface area contributed by atoms with Crippen LogP contribution in [0.3, 0.4) is 0 Å². The van der Waals surface area contributed by atoms with Gasteiger partial charge in [0.05, 0.1) is 11.3 Å². The highest BCUT2D eigenvalue weighted by Gasteiger charge is 2.36. The summed E-state index contributed by atoms with van der Waals surface area (Å²) in [6, 6.07) is 21.1. The number of rotatable bonds is 5. The number of nitrogens with zero attached hydrogens (tertiary/aromatic N) is 1. The van der Waals surface area contributed by atoms with Crippen LogP contribution >= 0.6 is 0 Å². The number of esters is 1. The van der Waals surface area contributed by atoms with Gasteiger partial charge in [0.15, 0.2) is 0 Å². The zero-order valence-corrected chi connectivity index (χ0v) is 17.8. The van der Waals surface area contributed by atoms with Crippen LogP contribution in [0.4, 0.5) is 10.5 Å². The predicted octanol–water partition coefficient (Wildman–Crippen LogP) is 4.13. The lowest BCUT2D eigenvalue weighted by molar-refractivity contribution is -0.122. The number of benzene rings is 3. The van der Waals surface area contributed by atoms with Gasteiger partial charge >= 0.3 is 12.0 Å². The van der Waals surface area contributed by atoms with Crippen molar-refractivity contribution in [3.8, 4) is 5.75 Å². The molecule has 1 N–H and O–H groups in total. The van der Waals surface area contributed by atoms with Crippen LogP contribution in [0.25, 0.3) is 6.08 Å². The summed E-state index contributed by atoms with van der Waals surface area (Å²) in [5.41, 5.74) is 2.21. The summed E-state index contributed by atoms with van der Waals surface area (Å²) in [4.78, 5) is 50.8. The molecule has 3 aromatic rings. The maximum Gasteiger partial charge on any atom is 0.343 e. The third-order valence-corrected chi connectivity index (χ3v) is 5.12. The van der Waals surface area contributed by atoms with Crippen LogP contribution < -0.4 is 15.0 Å². The maximum atomic E-state index is 13.0. The van der Waals surface area contributed by atoms with E-state index in [0.717, 1.165) is 16.9 Å². The first-order chi connectivity index (χ1) is 16.0. The Bertz CT molecular complexity index is 1250. The third kappa shape index (κ3) is 4.72. The first kappa shape index (κ1) is 21.7. The molecule has 164 valence electrons. The Morgan fingerprint density at radius 1 is 0.909 bits per heavy atom. The molecule has 1 heterocycles. The molecule has 0 bridgehead atoms. The van der Waals surface area contributed by atoms with Crippen LogP contribution in [-0.2, 0) is 16.0 Å². The maximum absolute atomic E-state index is 13.0. The molecule has 3 aromatic carbocycles. The number of hydrogen-bond acceptors (Lipinski definition) is 5. The van der Waals surface area contributed by atoms with Crippen molar-refractivity contribution in [2.45, 2.75) is 13.3 Å². The number of nitrogens with one attached hydrogen (secondary N) is 1. The molecule has 4 amide bonds. The molecule has 0 aliphatic carbocycles. The highest BCUT2D eigenvalue weighted by atomic mass is 16.5. The van der Waals surface area contributed by atoms with Crippen molar-refractivity contribution in [1.29, 1.82) is 0 Å². The number of aryl methyl sites for hydroxylation is 1. The Labute approximate surface area is 190 Å². The van der Waals surface area contributed by atoms with E-state index in [-0.39, 0.29) is 5.57 Å². The minimum absolute atomic E-state index is 0.178. The molecule has 7 nitrogen and oxygen atoms in total. The number of hydrogen-bond donors (Lipinski definition) is 1. The average molecular weight is 440 g/mol. The summed E-state index contributed by atoms with van der Waals surface area (Å²) >= 11 is 0. The lowest BCUT2D eigenvalue weighted by atomic mass is 10.1. The summed E-state index contributed by atoms with van der Waals surface area (Å²) < 4.78 is 5.34. The Balaban J connectivity index is 1.54. The van der Waals surface area contributed by atoms with Gasteiger partial charge in [0.25, 0.3) is 11.8 Å². The Hall–Kier alpha value is -4.52.